The highest BCUT2D eigenvalue weighted by atomic mass is 35.5. The number of halogens is 2. The molecule has 0 radical (unpaired) electrons. The number of carbonyl (C=O) groups is 1. The number of fused-ring (bicyclic) bond motifs is 1. The normalized spacial score (nSPS) is 14.4. The molecule has 1 aromatic carbocycles. The van der Waals surface area contributed by atoms with Crippen LogP contribution >= 0.6 is 11.6 Å². The molecule has 1 aliphatic rings. The number of hydrogen-bond acceptors (Lipinski definition) is 6. The van der Waals surface area contributed by atoms with Gasteiger partial charge in [0.1, 0.15) is 6.17 Å². The standard InChI is InChI=1S/C24H27ClFN5O3/c1-3-31-20-5-4-15(10-16(20)12-21(23(31)33)34-14-22(32)27-2)11-19-18(25)13-28-24(29-19)30-8-6-17(26)7-9-30/h4-5,10,12-13,17H,3,6-9,11,14H2,1-2H3,(H,27,32). The Hall–Kier alpha value is -3.20. The number of nitrogens with zero attached hydrogens (tertiary/aromatic N) is 4. The maximum absolute atomic E-state index is 13.5. The highest BCUT2D eigenvalue weighted by Gasteiger charge is 2.21. The van der Waals surface area contributed by atoms with Gasteiger partial charge >= 0.3 is 0 Å². The lowest BCUT2D eigenvalue weighted by molar-refractivity contribution is -0.122. The second-order valence-corrected chi connectivity index (χ2v) is 8.62. The molecule has 180 valence electrons. The van der Waals surface area contributed by atoms with Crippen LogP contribution < -0.4 is 20.5 Å². The first kappa shape index (κ1) is 23.9. The molecule has 34 heavy (non-hydrogen) atoms. The van der Waals surface area contributed by atoms with E-state index in [1.165, 1.54) is 7.05 Å². The molecule has 4 rings (SSSR count). The lowest BCUT2D eigenvalue weighted by atomic mass is 10.1. The Labute approximate surface area is 201 Å². The van der Waals surface area contributed by atoms with E-state index in [9.17, 15) is 14.0 Å². The molecule has 2 aromatic heterocycles. The zero-order valence-electron chi connectivity index (χ0n) is 19.2. The van der Waals surface area contributed by atoms with Crippen molar-refractivity contribution >= 4 is 34.4 Å². The van der Waals surface area contributed by atoms with Gasteiger partial charge in [-0.05, 0) is 43.5 Å². The minimum absolute atomic E-state index is 0.119. The van der Waals surface area contributed by atoms with Crippen molar-refractivity contribution in [1.29, 1.82) is 0 Å². The summed E-state index contributed by atoms with van der Waals surface area (Å²) >= 11 is 6.40. The predicted molar refractivity (Wildman–Crippen MR) is 130 cm³/mol. The molecule has 0 aliphatic carbocycles. The van der Waals surface area contributed by atoms with Crippen LogP contribution in [0.25, 0.3) is 10.9 Å². The van der Waals surface area contributed by atoms with Crippen molar-refractivity contribution in [2.24, 2.45) is 0 Å². The van der Waals surface area contributed by atoms with E-state index >= 15 is 0 Å². The van der Waals surface area contributed by atoms with Crippen LogP contribution in [0.15, 0.2) is 35.3 Å². The summed E-state index contributed by atoms with van der Waals surface area (Å²) in [6, 6.07) is 7.44. The van der Waals surface area contributed by atoms with Crippen molar-refractivity contribution in [3.8, 4) is 5.75 Å². The molecule has 0 spiro atoms. The molecule has 1 aliphatic heterocycles. The second-order valence-electron chi connectivity index (χ2n) is 8.22. The summed E-state index contributed by atoms with van der Waals surface area (Å²) in [6.07, 6.45) is 2.21. The molecule has 1 amide bonds. The summed E-state index contributed by atoms with van der Waals surface area (Å²) in [6.45, 7) is 3.25. The Balaban J connectivity index is 1.63. The predicted octanol–water partition coefficient (Wildman–Crippen LogP) is 3.12. The molecule has 0 bridgehead atoms. The fourth-order valence-electron chi connectivity index (χ4n) is 4.06. The van der Waals surface area contributed by atoms with Crippen LogP contribution in [0.5, 0.6) is 5.75 Å². The van der Waals surface area contributed by atoms with Gasteiger partial charge in [-0.2, -0.15) is 0 Å². The number of ether oxygens (including phenoxy) is 1. The van der Waals surface area contributed by atoms with Crippen molar-refractivity contribution in [1.82, 2.24) is 19.9 Å². The maximum atomic E-state index is 13.5. The van der Waals surface area contributed by atoms with Crippen LogP contribution in [0.3, 0.4) is 0 Å². The van der Waals surface area contributed by atoms with E-state index in [0.717, 1.165) is 16.5 Å². The zero-order valence-corrected chi connectivity index (χ0v) is 19.9. The molecule has 3 heterocycles. The summed E-state index contributed by atoms with van der Waals surface area (Å²) in [5.41, 5.74) is 2.10. The molecular weight excluding hydrogens is 461 g/mol. The number of alkyl halides is 1. The number of anilines is 1. The summed E-state index contributed by atoms with van der Waals surface area (Å²) in [5, 5.41) is 3.74. The molecule has 1 N–H and O–H groups in total. The molecule has 0 unspecified atom stereocenters. The van der Waals surface area contributed by atoms with Gasteiger partial charge in [-0.3, -0.25) is 9.59 Å². The van der Waals surface area contributed by atoms with Gasteiger partial charge in [0.15, 0.2) is 12.4 Å². The Morgan fingerprint density at radius 2 is 2.06 bits per heavy atom. The van der Waals surface area contributed by atoms with Crippen LogP contribution in [0.1, 0.15) is 31.0 Å². The van der Waals surface area contributed by atoms with E-state index in [1.54, 1.807) is 16.8 Å². The number of rotatable bonds is 7. The number of pyridine rings is 1. The second kappa shape index (κ2) is 10.4. The topological polar surface area (TPSA) is 89.3 Å². The number of nitrogens with one attached hydrogen (secondary N) is 1. The van der Waals surface area contributed by atoms with Gasteiger partial charge in [0, 0.05) is 38.5 Å². The fourth-order valence-corrected chi connectivity index (χ4v) is 4.22. The first-order chi connectivity index (χ1) is 16.4. The Bertz CT molecular complexity index is 1260. The molecule has 0 atom stereocenters. The van der Waals surface area contributed by atoms with Crippen LogP contribution in [-0.2, 0) is 17.8 Å². The van der Waals surface area contributed by atoms with Gasteiger partial charge < -0.3 is 19.5 Å². The molecule has 8 nitrogen and oxygen atoms in total. The maximum Gasteiger partial charge on any atom is 0.293 e. The largest absolute Gasteiger partial charge is 0.478 e. The third-order valence-electron chi connectivity index (χ3n) is 5.96. The van der Waals surface area contributed by atoms with Gasteiger partial charge in [-0.1, -0.05) is 17.7 Å². The quantitative estimate of drug-likeness (QED) is 0.551. The molecule has 1 saturated heterocycles. The molecular formula is C24H27ClFN5O3. The van der Waals surface area contributed by atoms with Crippen LogP contribution in [0, 0.1) is 0 Å². The third kappa shape index (κ3) is 5.14. The van der Waals surface area contributed by atoms with E-state index in [-0.39, 0.29) is 23.8 Å². The van der Waals surface area contributed by atoms with E-state index < -0.39 is 6.17 Å². The average Bonchev–Trinajstić information content (AvgIpc) is 2.84. The van der Waals surface area contributed by atoms with Crippen LogP contribution in [-0.4, -0.2) is 53.4 Å². The van der Waals surface area contributed by atoms with Crippen molar-refractivity contribution in [2.45, 2.75) is 38.9 Å². The highest BCUT2D eigenvalue weighted by Crippen LogP contribution is 2.25. The Morgan fingerprint density at radius 3 is 2.76 bits per heavy atom. The SMILES string of the molecule is CCn1c(=O)c(OCC(=O)NC)cc2cc(Cc3nc(N4CCC(F)CC4)ncc3Cl)ccc21. The smallest absolute Gasteiger partial charge is 0.293 e. The van der Waals surface area contributed by atoms with Crippen molar-refractivity contribution < 1.29 is 13.9 Å². The van der Waals surface area contributed by atoms with Crippen molar-refractivity contribution in [2.75, 3.05) is 31.6 Å². The van der Waals surface area contributed by atoms with Crippen molar-refractivity contribution in [3.05, 3.63) is 57.1 Å². The van der Waals surface area contributed by atoms with Crippen LogP contribution in [0.4, 0.5) is 10.3 Å². The number of benzene rings is 1. The van der Waals surface area contributed by atoms with Gasteiger partial charge in [-0.15, -0.1) is 0 Å². The average molecular weight is 488 g/mol. The first-order valence-electron chi connectivity index (χ1n) is 11.3. The number of aryl methyl sites for hydroxylation is 1. The summed E-state index contributed by atoms with van der Waals surface area (Å²) in [5.74, 6) is 0.353. The minimum atomic E-state index is -0.772. The summed E-state index contributed by atoms with van der Waals surface area (Å²) in [7, 11) is 1.51. The number of carbonyl (C=O) groups excluding carboxylic acids is 1. The van der Waals surface area contributed by atoms with E-state index in [0.29, 0.717) is 55.6 Å². The lowest BCUT2D eigenvalue weighted by Gasteiger charge is -2.28. The van der Waals surface area contributed by atoms with Crippen LogP contribution in [0.2, 0.25) is 5.02 Å². The van der Waals surface area contributed by atoms with Gasteiger partial charge in [0.25, 0.3) is 11.5 Å². The number of aromatic nitrogens is 3. The monoisotopic (exact) mass is 487 g/mol. The number of likely N-dealkylation sites (N-methyl/N-ethyl adjacent to an activating group) is 1. The van der Waals surface area contributed by atoms with Crippen molar-refractivity contribution in [3.63, 3.8) is 0 Å². The van der Waals surface area contributed by atoms with E-state index in [1.807, 2.05) is 30.0 Å². The van der Waals surface area contributed by atoms with Gasteiger partial charge in [0.2, 0.25) is 5.95 Å². The van der Waals surface area contributed by atoms with E-state index in [4.69, 9.17) is 16.3 Å². The number of amides is 1. The Morgan fingerprint density at radius 1 is 1.29 bits per heavy atom. The minimum Gasteiger partial charge on any atom is -0.478 e. The zero-order chi connectivity index (χ0) is 24.2. The Kier molecular flexibility index (Phi) is 7.31. The molecule has 10 heteroatoms. The van der Waals surface area contributed by atoms with Gasteiger partial charge in [0.05, 0.1) is 22.4 Å². The summed E-state index contributed by atoms with van der Waals surface area (Å²) in [4.78, 5) is 35.3. The number of hydrogen-bond donors (Lipinski definition) is 1. The molecule has 0 saturated carbocycles. The molecule has 1 fully saturated rings. The fraction of sp³-hybridized carbons (Fsp3) is 0.417. The first-order valence-corrected chi connectivity index (χ1v) is 11.7. The molecule has 3 aromatic rings. The third-order valence-corrected chi connectivity index (χ3v) is 6.28. The summed E-state index contributed by atoms with van der Waals surface area (Å²) < 4.78 is 20.6. The van der Waals surface area contributed by atoms with Gasteiger partial charge in [-0.25, -0.2) is 14.4 Å². The highest BCUT2D eigenvalue weighted by molar-refractivity contribution is 6.31. The van der Waals surface area contributed by atoms with E-state index in [2.05, 4.69) is 15.3 Å². The lowest BCUT2D eigenvalue weighted by Crippen LogP contribution is -2.35. The number of piperidine rings is 1.